The molecule has 0 saturated heterocycles. The quantitative estimate of drug-likeness (QED) is 0.782. The van der Waals surface area contributed by atoms with Gasteiger partial charge in [-0.25, -0.2) is 4.79 Å². The highest BCUT2D eigenvalue weighted by Gasteiger charge is 2.15. The summed E-state index contributed by atoms with van der Waals surface area (Å²) in [6.45, 7) is 4.95. The lowest BCUT2D eigenvalue weighted by molar-refractivity contribution is 0.0599. The van der Waals surface area contributed by atoms with E-state index in [0.29, 0.717) is 16.1 Å². The fourth-order valence-electron chi connectivity index (χ4n) is 1.09. The van der Waals surface area contributed by atoms with E-state index in [9.17, 15) is 4.79 Å². The third kappa shape index (κ3) is 2.35. The van der Waals surface area contributed by atoms with Crippen LogP contribution in [-0.2, 0) is 11.3 Å². The Morgan fingerprint density at radius 2 is 2.36 bits per heavy atom. The molecule has 1 aromatic rings. The minimum atomic E-state index is -0.369. The molecule has 1 rings (SSSR count). The van der Waals surface area contributed by atoms with E-state index in [1.54, 1.807) is 4.68 Å². The lowest BCUT2D eigenvalue weighted by atomic mass is 10.2. The van der Waals surface area contributed by atoms with E-state index in [1.165, 1.54) is 13.3 Å². The van der Waals surface area contributed by atoms with Gasteiger partial charge in [-0.05, 0) is 21.8 Å². The smallest absolute Gasteiger partial charge is 0.342 e. The Hall–Kier alpha value is -0.840. The van der Waals surface area contributed by atoms with Crippen LogP contribution in [-0.4, -0.2) is 22.9 Å². The Bertz CT molecular complexity index is 334. The van der Waals surface area contributed by atoms with Crippen molar-refractivity contribution in [3.63, 3.8) is 0 Å². The fourth-order valence-corrected chi connectivity index (χ4v) is 1.59. The second-order valence-electron chi connectivity index (χ2n) is 3.42. The summed E-state index contributed by atoms with van der Waals surface area (Å²) in [5.41, 5.74) is 0.466. The third-order valence-electron chi connectivity index (χ3n) is 1.72. The molecule has 0 N–H and O–H groups in total. The molecule has 0 aromatic carbocycles. The molecule has 0 amide bonds. The predicted molar refractivity (Wildman–Crippen MR) is 56.1 cm³/mol. The number of aromatic nitrogens is 2. The van der Waals surface area contributed by atoms with E-state index in [2.05, 4.69) is 39.6 Å². The molecule has 0 saturated carbocycles. The summed E-state index contributed by atoms with van der Waals surface area (Å²) in [5, 5.41) is 4.09. The van der Waals surface area contributed by atoms with Crippen LogP contribution in [0.4, 0.5) is 0 Å². The molecule has 0 atom stereocenters. The van der Waals surface area contributed by atoms with E-state index in [1.807, 2.05) is 0 Å². The maximum Gasteiger partial charge on any atom is 0.342 e. The fraction of sp³-hybridized carbons (Fsp3) is 0.556. The lowest BCUT2D eigenvalue weighted by Gasteiger charge is -2.06. The first-order valence-electron chi connectivity index (χ1n) is 4.36. The van der Waals surface area contributed by atoms with Crippen molar-refractivity contribution in [1.82, 2.24) is 9.78 Å². The van der Waals surface area contributed by atoms with E-state index in [-0.39, 0.29) is 5.97 Å². The first-order chi connectivity index (χ1) is 6.56. The molecule has 4 nitrogen and oxygen atoms in total. The minimum absolute atomic E-state index is 0.369. The minimum Gasteiger partial charge on any atom is -0.465 e. The second-order valence-corrected chi connectivity index (χ2v) is 4.17. The van der Waals surface area contributed by atoms with Gasteiger partial charge in [0.2, 0.25) is 0 Å². The predicted octanol–water partition coefficient (Wildman–Crippen LogP) is 2.09. The first kappa shape index (κ1) is 11.2. The number of esters is 1. The van der Waals surface area contributed by atoms with E-state index >= 15 is 0 Å². The van der Waals surface area contributed by atoms with Crippen molar-refractivity contribution in [1.29, 1.82) is 0 Å². The van der Waals surface area contributed by atoms with Gasteiger partial charge in [0.25, 0.3) is 0 Å². The number of carbonyl (C=O) groups is 1. The van der Waals surface area contributed by atoms with E-state index in [0.717, 1.165) is 6.54 Å². The van der Waals surface area contributed by atoms with E-state index in [4.69, 9.17) is 0 Å². The van der Waals surface area contributed by atoms with Gasteiger partial charge in [-0.1, -0.05) is 13.8 Å². The highest BCUT2D eigenvalue weighted by atomic mass is 79.9. The summed E-state index contributed by atoms with van der Waals surface area (Å²) in [4.78, 5) is 11.2. The largest absolute Gasteiger partial charge is 0.465 e. The summed E-state index contributed by atoms with van der Waals surface area (Å²) in [7, 11) is 1.36. The van der Waals surface area contributed by atoms with Crippen LogP contribution in [0.25, 0.3) is 0 Å². The molecule has 0 bridgehead atoms. The van der Waals surface area contributed by atoms with Crippen LogP contribution in [0.1, 0.15) is 24.2 Å². The molecule has 1 aromatic heterocycles. The topological polar surface area (TPSA) is 44.1 Å². The van der Waals surface area contributed by atoms with Crippen LogP contribution in [0.5, 0.6) is 0 Å². The van der Waals surface area contributed by atoms with Gasteiger partial charge < -0.3 is 4.74 Å². The van der Waals surface area contributed by atoms with Crippen molar-refractivity contribution in [2.75, 3.05) is 7.11 Å². The highest BCUT2D eigenvalue weighted by molar-refractivity contribution is 9.10. The van der Waals surface area contributed by atoms with Gasteiger partial charge in [-0.15, -0.1) is 0 Å². The van der Waals surface area contributed by atoms with Crippen molar-refractivity contribution in [3.8, 4) is 0 Å². The monoisotopic (exact) mass is 260 g/mol. The Morgan fingerprint density at radius 3 is 2.86 bits per heavy atom. The van der Waals surface area contributed by atoms with Crippen molar-refractivity contribution in [2.45, 2.75) is 20.4 Å². The number of hydrogen-bond acceptors (Lipinski definition) is 3. The number of hydrogen-bond donors (Lipinski definition) is 0. The van der Waals surface area contributed by atoms with Crippen LogP contribution in [0.15, 0.2) is 10.8 Å². The van der Waals surface area contributed by atoms with Crippen LogP contribution in [0.2, 0.25) is 0 Å². The van der Waals surface area contributed by atoms with Crippen LogP contribution in [0.3, 0.4) is 0 Å². The second kappa shape index (κ2) is 4.59. The molecule has 0 aliphatic carbocycles. The average Bonchev–Trinajstić information content (AvgIpc) is 2.46. The van der Waals surface area contributed by atoms with Gasteiger partial charge >= 0.3 is 5.97 Å². The summed E-state index contributed by atoms with van der Waals surface area (Å²) >= 11 is 3.32. The van der Waals surface area contributed by atoms with Gasteiger partial charge in [-0.3, -0.25) is 4.68 Å². The highest BCUT2D eigenvalue weighted by Crippen LogP contribution is 2.18. The Labute approximate surface area is 91.4 Å². The summed E-state index contributed by atoms with van der Waals surface area (Å²) in [5.74, 6) is 0.114. The molecule has 0 aliphatic heterocycles. The van der Waals surface area contributed by atoms with Crippen molar-refractivity contribution in [2.24, 2.45) is 5.92 Å². The zero-order valence-corrected chi connectivity index (χ0v) is 10.0. The molecular weight excluding hydrogens is 248 g/mol. The molecule has 0 aliphatic rings. The first-order valence-corrected chi connectivity index (χ1v) is 5.15. The summed E-state index contributed by atoms with van der Waals surface area (Å²) in [6, 6.07) is 0. The van der Waals surface area contributed by atoms with Crippen LogP contribution < -0.4 is 0 Å². The molecule has 0 unspecified atom stereocenters. The number of carbonyl (C=O) groups excluding carboxylic acids is 1. The number of ether oxygens (including phenoxy) is 1. The molecule has 1 heterocycles. The summed E-state index contributed by atoms with van der Waals surface area (Å²) in [6.07, 6.45) is 1.51. The normalized spacial score (nSPS) is 10.6. The Balaban J connectivity index is 2.90. The van der Waals surface area contributed by atoms with Gasteiger partial charge in [-0.2, -0.15) is 5.10 Å². The maximum atomic E-state index is 11.2. The Morgan fingerprint density at radius 1 is 1.71 bits per heavy atom. The number of rotatable bonds is 3. The van der Waals surface area contributed by atoms with E-state index < -0.39 is 0 Å². The molecular formula is C9H13BrN2O2. The number of nitrogens with zero attached hydrogens (tertiary/aromatic N) is 2. The maximum absolute atomic E-state index is 11.2. The van der Waals surface area contributed by atoms with Gasteiger partial charge in [0.1, 0.15) is 10.2 Å². The Kier molecular flexibility index (Phi) is 3.69. The average molecular weight is 261 g/mol. The van der Waals surface area contributed by atoms with Gasteiger partial charge in [0, 0.05) is 6.54 Å². The van der Waals surface area contributed by atoms with Gasteiger partial charge in [0.05, 0.1) is 13.3 Å². The molecule has 78 valence electrons. The molecule has 5 heteroatoms. The van der Waals surface area contributed by atoms with Crippen LogP contribution >= 0.6 is 15.9 Å². The zero-order chi connectivity index (χ0) is 10.7. The molecule has 0 radical (unpaired) electrons. The third-order valence-corrected chi connectivity index (χ3v) is 2.56. The van der Waals surface area contributed by atoms with Crippen molar-refractivity contribution >= 4 is 21.9 Å². The summed E-state index contributed by atoms with van der Waals surface area (Å²) < 4.78 is 7.04. The number of halogens is 1. The number of methoxy groups -OCH3 is 1. The molecule has 14 heavy (non-hydrogen) atoms. The van der Waals surface area contributed by atoms with Crippen LogP contribution in [0, 0.1) is 5.92 Å². The zero-order valence-electron chi connectivity index (χ0n) is 8.45. The molecule has 0 fully saturated rings. The SMILES string of the molecule is COC(=O)c1cnn(CC(C)C)c1Br. The standard InChI is InChI=1S/C9H13BrN2O2/c1-6(2)5-12-8(10)7(4-11-12)9(13)14-3/h4,6H,5H2,1-3H3. The van der Waals surface area contributed by atoms with Gasteiger partial charge in [0.15, 0.2) is 0 Å². The lowest BCUT2D eigenvalue weighted by Crippen LogP contribution is -2.07. The van der Waals surface area contributed by atoms with Crippen molar-refractivity contribution < 1.29 is 9.53 Å². The van der Waals surface area contributed by atoms with Crippen molar-refractivity contribution in [3.05, 3.63) is 16.4 Å². The molecule has 0 spiro atoms.